The van der Waals surface area contributed by atoms with Crippen LogP contribution in [-0.2, 0) is 21.2 Å². The van der Waals surface area contributed by atoms with Crippen LogP contribution >= 0.6 is 0 Å². The Labute approximate surface area is 125 Å². The zero-order valence-corrected chi connectivity index (χ0v) is 12.9. The lowest BCUT2D eigenvalue weighted by Gasteiger charge is -2.23. The first-order chi connectivity index (χ1) is 10.1. The number of sulfonamides is 1. The molecule has 7 heteroatoms. The Balaban J connectivity index is 2.25. The molecule has 1 fully saturated rings. The Morgan fingerprint density at radius 3 is 2.71 bits per heavy atom. The smallest absolute Gasteiger partial charge is 0.241 e. The van der Waals surface area contributed by atoms with Gasteiger partial charge in [-0.25, -0.2) is 13.1 Å². The van der Waals surface area contributed by atoms with Crippen molar-refractivity contribution in [3.8, 4) is 5.75 Å². The highest BCUT2D eigenvalue weighted by molar-refractivity contribution is 7.89. The zero-order chi connectivity index (χ0) is 15.3. The first-order valence-electron chi connectivity index (χ1n) is 6.94. The van der Waals surface area contributed by atoms with Crippen LogP contribution in [0.4, 0.5) is 0 Å². The van der Waals surface area contributed by atoms with Crippen LogP contribution in [0.3, 0.4) is 0 Å². The maximum atomic E-state index is 12.5. The van der Waals surface area contributed by atoms with Crippen molar-refractivity contribution in [2.75, 3.05) is 26.9 Å². The number of methoxy groups -OCH3 is 1. The van der Waals surface area contributed by atoms with Gasteiger partial charge in [0, 0.05) is 25.9 Å². The van der Waals surface area contributed by atoms with Crippen LogP contribution in [-0.4, -0.2) is 46.5 Å². The van der Waals surface area contributed by atoms with Crippen LogP contribution in [0, 0.1) is 0 Å². The number of benzene rings is 1. The SMILES string of the molecule is COc1ccc(S(=O)(=O)NC2CCOCC2)c(CCO)c1. The lowest BCUT2D eigenvalue weighted by Crippen LogP contribution is -2.39. The van der Waals surface area contributed by atoms with Crippen molar-refractivity contribution >= 4 is 10.0 Å². The lowest BCUT2D eigenvalue weighted by molar-refractivity contribution is 0.0832. The molecule has 6 nitrogen and oxygen atoms in total. The van der Waals surface area contributed by atoms with Crippen molar-refractivity contribution in [3.63, 3.8) is 0 Å². The lowest BCUT2D eigenvalue weighted by atomic mass is 10.1. The molecule has 0 aliphatic carbocycles. The van der Waals surface area contributed by atoms with Gasteiger partial charge in [0.05, 0.1) is 12.0 Å². The Kier molecular flexibility index (Phi) is 5.58. The van der Waals surface area contributed by atoms with Gasteiger partial charge in [-0.05, 0) is 43.0 Å². The quantitative estimate of drug-likeness (QED) is 0.807. The Morgan fingerprint density at radius 1 is 1.38 bits per heavy atom. The van der Waals surface area contributed by atoms with Crippen molar-refractivity contribution in [2.45, 2.75) is 30.2 Å². The van der Waals surface area contributed by atoms with Gasteiger partial charge in [0.15, 0.2) is 0 Å². The molecular formula is C14H21NO5S. The Morgan fingerprint density at radius 2 is 2.10 bits per heavy atom. The molecule has 2 N–H and O–H groups in total. The van der Waals surface area contributed by atoms with Crippen LogP contribution in [0.25, 0.3) is 0 Å². The summed E-state index contributed by atoms with van der Waals surface area (Å²) in [6, 6.07) is 4.67. The summed E-state index contributed by atoms with van der Waals surface area (Å²) in [5.74, 6) is 0.573. The van der Waals surface area contributed by atoms with Crippen LogP contribution in [0.15, 0.2) is 23.1 Å². The van der Waals surface area contributed by atoms with Crippen molar-refractivity contribution in [2.24, 2.45) is 0 Å². The summed E-state index contributed by atoms with van der Waals surface area (Å²) in [5, 5.41) is 9.12. The largest absolute Gasteiger partial charge is 0.497 e. The predicted octanol–water partition coefficient (Wildman–Crippen LogP) is 0.687. The molecular weight excluding hydrogens is 294 g/mol. The van der Waals surface area contributed by atoms with Crippen molar-refractivity contribution < 1.29 is 23.0 Å². The third-order valence-corrected chi connectivity index (χ3v) is 5.10. The average molecular weight is 315 g/mol. The monoisotopic (exact) mass is 315 g/mol. The average Bonchev–Trinajstić information content (AvgIpc) is 2.48. The van der Waals surface area contributed by atoms with E-state index < -0.39 is 10.0 Å². The van der Waals surface area contributed by atoms with E-state index in [4.69, 9.17) is 14.6 Å². The van der Waals surface area contributed by atoms with Crippen LogP contribution in [0.5, 0.6) is 5.75 Å². The number of aliphatic hydroxyl groups excluding tert-OH is 1. The summed E-state index contributed by atoms with van der Waals surface area (Å²) >= 11 is 0. The van der Waals surface area contributed by atoms with Crippen LogP contribution < -0.4 is 9.46 Å². The number of hydrogen-bond acceptors (Lipinski definition) is 5. The van der Waals surface area contributed by atoms with E-state index in [1.54, 1.807) is 12.1 Å². The van der Waals surface area contributed by atoms with E-state index in [-0.39, 0.29) is 24.0 Å². The molecule has 0 spiro atoms. The molecule has 0 radical (unpaired) electrons. The third-order valence-electron chi connectivity index (χ3n) is 3.48. The molecule has 0 saturated carbocycles. The minimum absolute atomic E-state index is 0.104. The van der Waals surface area contributed by atoms with Crippen molar-refractivity contribution in [1.29, 1.82) is 0 Å². The van der Waals surface area contributed by atoms with Crippen molar-refractivity contribution in [1.82, 2.24) is 4.72 Å². The van der Waals surface area contributed by atoms with Crippen LogP contribution in [0.1, 0.15) is 18.4 Å². The second-order valence-corrected chi connectivity index (χ2v) is 6.64. The van der Waals surface area contributed by atoms with Gasteiger partial charge in [0.25, 0.3) is 0 Å². The molecule has 1 saturated heterocycles. The topological polar surface area (TPSA) is 84.9 Å². The maximum absolute atomic E-state index is 12.5. The second kappa shape index (κ2) is 7.22. The number of rotatable bonds is 6. The molecule has 0 amide bonds. The van der Waals surface area contributed by atoms with Gasteiger partial charge >= 0.3 is 0 Å². The first-order valence-corrected chi connectivity index (χ1v) is 8.43. The van der Waals surface area contributed by atoms with Gasteiger partial charge in [0.1, 0.15) is 5.75 Å². The minimum Gasteiger partial charge on any atom is -0.497 e. The zero-order valence-electron chi connectivity index (χ0n) is 12.0. The standard InChI is InChI=1S/C14H21NO5S/c1-19-13-2-3-14(11(10-13)4-7-16)21(17,18)15-12-5-8-20-9-6-12/h2-3,10,12,15-16H,4-9H2,1H3. The number of ether oxygens (including phenoxy) is 2. The van der Waals surface area contributed by atoms with Gasteiger partial charge in [0.2, 0.25) is 10.0 Å². The molecule has 0 atom stereocenters. The summed E-state index contributed by atoms with van der Waals surface area (Å²) in [5.41, 5.74) is 0.552. The molecule has 0 aromatic heterocycles. The van der Waals surface area contributed by atoms with E-state index in [1.807, 2.05) is 0 Å². The van der Waals surface area contributed by atoms with Gasteiger partial charge in [-0.2, -0.15) is 0 Å². The fourth-order valence-corrected chi connectivity index (χ4v) is 3.91. The molecule has 1 aromatic rings. The van der Waals surface area contributed by atoms with Crippen LogP contribution in [0.2, 0.25) is 0 Å². The molecule has 1 heterocycles. The number of aliphatic hydroxyl groups is 1. The highest BCUT2D eigenvalue weighted by Gasteiger charge is 2.24. The summed E-state index contributed by atoms with van der Waals surface area (Å²) < 4.78 is 38.1. The second-order valence-electron chi connectivity index (χ2n) is 4.96. The molecule has 21 heavy (non-hydrogen) atoms. The molecule has 1 aliphatic heterocycles. The Hall–Kier alpha value is -1.15. The van der Waals surface area contributed by atoms with Crippen molar-refractivity contribution in [3.05, 3.63) is 23.8 Å². The van der Waals surface area contributed by atoms with Gasteiger partial charge in [-0.1, -0.05) is 0 Å². The summed E-state index contributed by atoms with van der Waals surface area (Å²) in [4.78, 5) is 0.198. The van der Waals surface area contributed by atoms with E-state index in [2.05, 4.69) is 4.72 Å². The Bertz CT molecular complexity index is 567. The van der Waals surface area contributed by atoms with Gasteiger partial charge in [-0.3, -0.25) is 0 Å². The fourth-order valence-electron chi connectivity index (χ4n) is 2.36. The minimum atomic E-state index is -3.61. The van der Waals surface area contributed by atoms with E-state index in [0.29, 0.717) is 37.4 Å². The molecule has 0 bridgehead atoms. The molecule has 0 unspecified atom stereocenters. The van der Waals surface area contributed by atoms with E-state index in [9.17, 15) is 8.42 Å². The molecule has 1 aliphatic rings. The van der Waals surface area contributed by atoms with Gasteiger partial charge < -0.3 is 14.6 Å². The van der Waals surface area contributed by atoms with Gasteiger partial charge in [-0.15, -0.1) is 0 Å². The first kappa shape index (κ1) is 16.2. The molecule has 1 aromatic carbocycles. The third kappa shape index (κ3) is 4.16. The highest BCUT2D eigenvalue weighted by Crippen LogP contribution is 2.23. The highest BCUT2D eigenvalue weighted by atomic mass is 32.2. The van der Waals surface area contributed by atoms with E-state index in [1.165, 1.54) is 13.2 Å². The molecule has 2 rings (SSSR count). The maximum Gasteiger partial charge on any atom is 0.241 e. The van der Waals surface area contributed by atoms with E-state index >= 15 is 0 Å². The summed E-state index contributed by atoms with van der Waals surface area (Å²) in [7, 11) is -2.09. The normalized spacial score (nSPS) is 16.9. The number of nitrogens with one attached hydrogen (secondary N) is 1. The summed E-state index contributed by atoms with van der Waals surface area (Å²) in [6.45, 7) is 1.02. The number of hydrogen-bond donors (Lipinski definition) is 2. The predicted molar refractivity (Wildman–Crippen MR) is 77.9 cm³/mol. The summed E-state index contributed by atoms with van der Waals surface area (Å²) in [6.07, 6.45) is 1.61. The van der Waals surface area contributed by atoms with E-state index in [0.717, 1.165) is 0 Å². The fraction of sp³-hybridized carbons (Fsp3) is 0.571. The molecule has 118 valence electrons.